The van der Waals surface area contributed by atoms with E-state index in [0.717, 1.165) is 19.3 Å². The quantitative estimate of drug-likeness (QED) is 0.897. The lowest BCUT2D eigenvalue weighted by Crippen LogP contribution is -2.44. The molecule has 2 bridgehead atoms. The number of amides is 2. The molecule has 1 heterocycles. The summed E-state index contributed by atoms with van der Waals surface area (Å²) in [5.41, 5.74) is 0.343. The van der Waals surface area contributed by atoms with Crippen LogP contribution in [0.2, 0.25) is 0 Å². The minimum Gasteiger partial charge on any atom is -0.335 e. The molecule has 2 aliphatic rings. The van der Waals surface area contributed by atoms with Crippen molar-refractivity contribution in [1.29, 1.82) is 0 Å². The number of hydrogen-bond acceptors (Lipinski definition) is 2. The molecule has 2 amide bonds. The second-order valence-corrected chi connectivity index (χ2v) is 6.55. The first kappa shape index (κ1) is 15.2. The number of carbonyl (C=O) groups is 1. The fourth-order valence-electron chi connectivity index (χ4n) is 3.65. The summed E-state index contributed by atoms with van der Waals surface area (Å²) in [5.74, 6) is -1.59. The molecule has 1 aromatic heterocycles. The number of nitrogens with zero attached hydrogens (tertiary/aromatic N) is 1. The maximum Gasteiger partial charge on any atom is 0.315 e. The molecule has 3 rings (SSSR count). The first-order valence-electron chi connectivity index (χ1n) is 7.79. The highest BCUT2D eigenvalue weighted by atomic mass is 19.3. The first-order valence-corrected chi connectivity index (χ1v) is 7.79. The van der Waals surface area contributed by atoms with Crippen molar-refractivity contribution in [1.82, 2.24) is 15.6 Å². The van der Waals surface area contributed by atoms with E-state index in [1.807, 2.05) is 0 Å². The van der Waals surface area contributed by atoms with Gasteiger partial charge in [0.1, 0.15) is 5.69 Å². The summed E-state index contributed by atoms with van der Waals surface area (Å²) in [5, 5.41) is 5.75. The summed E-state index contributed by atoms with van der Waals surface area (Å²) < 4.78 is 26.5. The summed E-state index contributed by atoms with van der Waals surface area (Å²) in [6.45, 7) is 1.03. The molecule has 0 aromatic carbocycles. The largest absolute Gasteiger partial charge is 0.335 e. The van der Waals surface area contributed by atoms with E-state index in [0.29, 0.717) is 11.5 Å². The van der Waals surface area contributed by atoms with Crippen molar-refractivity contribution in [2.45, 2.75) is 51.1 Å². The monoisotopic (exact) mass is 309 g/mol. The maximum absolute atomic E-state index is 13.2. The van der Waals surface area contributed by atoms with Gasteiger partial charge in [0.2, 0.25) is 0 Å². The minimum absolute atomic E-state index is 0.220. The molecule has 2 fully saturated rings. The zero-order valence-electron chi connectivity index (χ0n) is 12.6. The van der Waals surface area contributed by atoms with Crippen LogP contribution in [0.3, 0.4) is 0 Å². The molecule has 3 atom stereocenters. The van der Waals surface area contributed by atoms with Gasteiger partial charge in [-0.25, -0.2) is 4.79 Å². The molecule has 2 saturated carbocycles. The Kier molecular flexibility index (Phi) is 4.02. The zero-order valence-corrected chi connectivity index (χ0v) is 12.6. The van der Waals surface area contributed by atoms with Gasteiger partial charge in [-0.05, 0) is 48.8 Å². The molecule has 2 aliphatic carbocycles. The third-order valence-corrected chi connectivity index (χ3v) is 4.78. The maximum atomic E-state index is 13.2. The Morgan fingerprint density at radius 1 is 1.41 bits per heavy atom. The molecular weight excluding hydrogens is 288 g/mol. The van der Waals surface area contributed by atoms with Gasteiger partial charge in [-0.1, -0.05) is 6.42 Å². The highest BCUT2D eigenvalue weighted by molar-refractivity contribution is 5.74. The van der Waals surface area contributed by atoms with E-state index in [1.54, 1.807) is 6.07 Å². The summed E-state index contributed by atoms with van der Waals surface area (Å²) in [4.78, 5) is 15.6. The average Bonchev–Trinajstić information content (AvgIpc) is 3.07. The Bertz CT molecular complexity index is 559. The van der Waals surface area contributed by atoms with Gasteiger partial charge in [0.25, 0.3) is 5.92 Å². The molecule has 0 saturated heterocycles. The van der Waals surface area contributed by atoms with Gasteiger partial charge in [0.05, 0.1) is 0 Å². The predicted octanol–water partition coefficient (Wildman–Crippen LogP) is 3.18. The number of urea groups is 1. The van der Waals surface area contributed by atoms with E-state index in [4.69, 9.17) is 0 Å². The summed E-state index contributed by atoms with van der Waals surface area (Å²) in [7, 11) is 0. The summed E-state index contributed by atoms with van der Waals surface area (Å²) in [6, 6.07) is 3.01. The fourth-order valence-corrected chi connectivity index (χ4v) is 3.65. The van der Waals surface area contributed by atoms with E-state index < -0.39 is 5.92 Å². The van der Waals surface area contributed by atoms with Crippen LogP contribution in [0.25, 0.3) is 0 Å². The lowest BCUT2D eigenvalue weighted by molar-refractivity contribution is 0.0127. The highest BCUT2D eigenvalue weighted by Gasteiger charge is 2.40. The number of aromatic nitrogens is 1. The second-order valence-electron chi connectivity index (χ2n) is 6.55. The van der Waals surface area contributed by atoms with Crippen LogP contribution in [0.15, 0.2) is 18.3 Å². The number of rotatable bonds is 4. The Labute approximate surface area is 128 Å². The molecule has 6 heteroatoms. The Morgan fingerprint density at radius 3 is 2.86 bits per heavy atom. The molecule has 1 unspecified atom stereocenters. The lowest BCUT2D eigenvalue weighted by Gasteiger charge is -2.23. The smallest absolute Gasteiger partial charge is 0.315 e. The van der Waals surface area contributed by atoms with Crippen LogP contribution >= 0.6 is 0 Å². The van der Waals surface area contributed by atoms with Crippen molar-refractivity contribution < 1.29 is 13.6 Å². The lowest BCUT2D eigenvalue weighted by atomic mass is 9.95. The minimum atomic E-state index is -2.97. The van der Waals surface area contributed by atoms with E-state index >= 15 is 0 Å². The van der Waals surface area contributed by atoms with E-state index in [2.05, 4.69) is 15.6 Å². The van der Waals surface area contributed by atoms with Gasteiger partial charge in [0.15, 0.2) is 0 Å². The van der Waals surface area contributed by atoms with Gasteiger partial charge in [-0.3, -0.25) is 4.98 Å². The molecule has 1 aromatic rings. The van der Waals surface area contributed by atoms with Crippen molar-refractivity contribution in [3.63, 3.8) is 0 Å². The molecule has 120 valence electrons. The van der Waals surface area contributed by atoms with Gasteiger partial charge < -0.3 is 10.6 Å². The predicted molar refractivity (Wildman–Crippen MR) is 78.4 cm³/mol. The number of hydrogen-bond donors (Lipinski definition) is 2. The van der Waals surface area contributed by atoms with Crippen molar-refractivity contribution >= 4 is 6.03 Å². The number of fused-ring (bicyclic) bond motifs is 2. The van der Waals surface area contributed by atoms with Crippen LogP contribution in [0.5, 0.6) is 0 Å². The Morgan fingerprint density at radius 2 is 2.23 bits per heavy atom. The van der Waals surface area contributed by atoms with Crippen LogP contribution < -0.4 is 10.6 Å². The third-order valence-electron chi connectivity index (χ3n) is 4.78. The molecular formula is C16H21F2N3O. The van der Waals surface area contributed by atoms with Crippen LogP contribution in [0, 0.1) is 11.8 Å². The number of alkyl halides is 2. The molecule has 2 N–H and O–H groups in total. The second kappa shape index (κ2) is 5.82. The van der Waals surface area contributed by atoms with Gasteiger partial charge >= 0.3 is 6.03 Å². The van der Waals surface area contributed by atoms with Crippen molar-refractivity contribution in [3.05, 3.63) is 29.6 Å². The van der Waals surface area contributed by atoms with Crippen LogP contribution in [0.4, 0.5) is 13.6 Å². The van der Waals surface area contributed by atoms with Crippen LogP contribution in [-0.4, -0.2) is 17.1 Å². The summed E-state index contributed by atoms with van der Waals surface area (Å²) >= 11 is 0. The number of halogens is 2. The van der Waals surface area contributed by atoms with Crippen LogP contribution in [0.1, 0.15) is 43.9 Å². The Balaban J connectivity index is 1.51. The normalized spacial score (nSPS) is 27.0. The molecule has 0 aliphatic heterocycles. The molecule has 0 spiro atoms. The summed E-state index contributed by atoms with van der Waals surface area (Å²) in [6.07, 6.45) is 6.13. The van der Waals surface area contributed by atoms with E-state index in [-0.39, 0.29) is 24.3 Å². The topological polar surface area (TPSA) is 54.0 Å². The highest BCUT2D eigenvalue weighted by Crippen LogP contribution is 2.44. The first-order chi connectivity index (χ1) is 10.4. The number of carbonyl (C=O) groups excluding carboxylic acids is 1. The third kappa shape index (κ3) is 3.36. The average molecular weight is 309 g/mol. The van der Waals surface area contributed by atoms with Crippen molar-refractivity contribution in [2.24, 2.45) is 11.8 Å². The molecule has 0 radical (unpaired) electrons. The van der Waals surface area contributed by atoms with Crippen molar-refractivity contribution in [2.75, 3.05) is 0 Å². The number of pyridine rings is 1. The Hall–Kier alpha value is -1.72. The van der Waals surface area contributed by atoms with Gasteiger partial charge in [-0.2, -0.15) is 8.78 Å². The fraction of sp³-hybridized carbons (Fsp3) is 0.625. The van der Waals surface area contributed by atoms with Gasteiger partial charge in [-0.15, -0.1) is 0 Å². The molecule has 4 nitrogen and oxygen atoms in total. The van der Waals surface area contributed by atoms with Crippen molar-refractivity contribution in [3.8, 4) is 0 Å². The van der Waals surface area contributed by atoms with E-state index in [9.17, 15) is 13.6 Å². The number of nitrogens with one attached hydrogen (secondary N) is 2. The SMILES string of the molecule is CC(F)(F)c1cc(CNC(=O)NC2C[C@@H]3CC[C@H]2C3)ccn1. The molecule has 22 heavy (non-hydrogen) atoms. The standard InChI is InChI=1S/C16H21F2N3O/c1-16(17,18)14-8-11(4-5-19-14)9-20-15(22)21-13-7-10-2-3-12(13)6-10/h4-5,8,10,12-13H,2-3,6-7,9H2,1H3,(H2,20,21,22)/t10-,12+,13?/m1/s1. The van der Waals surface area contributed by atoms with Crippen LogP contribution in [-0.2, 0) is 12.5 Å². The van der Waals surface area contributed by atoms with E-state index in [1.165, 1.54) is 31.5 Å². The zero-order chi connectivity index (χ0) is 15.7. The van der Waals surface area contributed by atoms with Gasteiger partial charge in [0, 0.05) is 25.7 Å².